The SMILES string of the molecule is CCOc1ccc(N=C/C=C/c2ccccc2)c(O)c1. The van der Waals surface area contributed by atoms with Gasteiger partial charge in [-0.2, -0.15) is 0 Å². The predicted molar refractivity (Wildman–Crippen MR) is 82.9 cm³/mol. The van der Waals surface area contributed by atoms with Gasteiger partial charge in [-0.3, -0.25) is 4.99 Å². The summed E-state index contributed by atoms with van der Waals surface area (Å²) in [6.45, 7) is 2.47. The van der Waals surface area contributed by atoms with Gasteiger partial charge >= 0.3 is 0 Å². The Morgan fingerprint density at radius 2 is 1.95 bits per heavy atom. The van der Waals surface area contributed by atoms with Crippen LogP contribution in [0.2, 0.25) is 0 Å². The number of phenolic OH excluding ortho intramolecular Hbond substituents is 1. The Bertz CT molecular complexity index is 604. The molecular formula is C17H17NO2. The molecule has 0 fully saturated rings. The molecule has 0 aliphatic heterocycles. The molecule has 0 spiro atoms. The fourth-order valence-electron chi connectivity index (χ4n) is 1.71. The number of benzene rings is 2. The van der Waals surface area contributed by atoms with Gasteiger partial charge in [0.1, 0.15) is 17.2 Å². The van der Waals surface area contributed by atoms with E-state index in [0.29, 0.717) is 18.0 Å². The lowest BCUT2D eigenvalue weighted by atomic mass is 10.2. The average molecular weight is 267 g/mol. The third kappa shape index (κ3) is 3.99. The highest BCUT2D eigenvalue weighted by atomic mass is 16.5. The Labute approximate surface area is 118 Å². The molecule has 0 saturated heterocycles. The molecule has 2 aromatic rings. The molecule has 1 N–H and O–H groups in total. The van der Waals surface area contributed by atoms with Crippen LogP contribution < -0.4 is 4.74 Å². The molecule has 0 aromatic heterocycles. The van der Waals surface area contributed by atoms with E-state index in [1.54, 1.807) is 24.4 Å². The van der Waals surface area contributed by atoms with Crippen molar-refractivity contribution in [1.82, 2.24) is 0 Å². The van der Waals surface area contributed by atoms with E-state index < -0.39 is 0 Å². The zero-order chi connectivity index (χ0) is 14.2. The van der Waals surface area contributed by atoms with Crippen molar-refractivity contribution >= 4 is 18.0 Å². The van der Waals surface area contributed by atoms with Crippen molar-refractivity contribution < 1.29 is 9.84 Å². The first-order valence-electron chi connectivity index (χ1n) is 6.51. The molecule has 0 amide bonds. The van der Waals surface area contributed by atoms with Crippen LogP contribution in [0.15, 0.2) is 59.6 Å². The van der Waals surface area contributed by atoms with Crippen LogP contribution in [0.4, 0.5) is 5.69 Å². The average Bonchev–Trinajstić information content (AvgIpc) is 2.47. The number of nitrogens with zero attached hydrogens (tertiary/aromatic N) is 1. The van der Waals surface area contributed by atoms with E-state index >= 15 is 0 Å². The highest BCUT2D eigenvalue weighted by Crippen LogP contribution is 2.30. The molecule has 2 aromatic carbocycles. The minimum atomic E-state index is 0.111. The van der Waals surface area contributed by atoms with Crippen LogP contribution in [0.1, 0.15) is 12.5 Å². The molecule has 0 unspecified atom stereocenters. The van der Waals surface area contributed by atoms with E-state index in [1.807, 2.05) is 49.4 Å². The first kappa shape index (κ1) is 13.9. The lowest BCUT2D eigenvalue weighted by molar-refractivity contribution is 0.338. The Balaban J connectivity index is 2.03. The minimum Gasteiger partial charge on any atom is -0.506 e. The Morgan fingerprint density at radius 3 is 2.65 bits per heavy atom. The molecule has 3 nitrogen and oxygen atoms in total. The molecule has 0 aliphatic carbocycles. The molecule has 0 aliphatic rings. The highest BCUT2D eigenvalue weighted by molar-refractivity contribution is 5.81. The molecular weight excluding hydrogens is 250 g/mol. The van der Waals surface area contributed by atoms with E-state index in [0.717, 1.165) is 5.56 Å². The minimum absolute atomic E-state index is 0.111. The molecule has 0 heterocycles. The third-order valence-corrected chi connectivity index (χ3v) is 2.65. The first-order valence-corrected chi connectivity index (χ1v) is 6.51. The van der Waals surface area contributed by atoms with Gasteiger partial charge in [0.05, 0.1) is 6.61 Å². The summed E-state index contributed by atoms with van der Waals surface area (Å²) in [5.41, 5.74) is 1.63. The van der Waals surface area contributed by atoms with Crippen molar-refractivity contribution in [1.29, 1.82) is 0 Å². The van der Waals surface area contributed by atoms with Crippen LogP contribution in [0.5, 0.6) is 11.5 Å². The van der Waals surface area contributed by atoms with Gasteiger partial charge in [-0.25, -0.2) is 0 Å². The molecule has 20 heavy (non-hydrogen) atoms. The van der Waals surface area contributed by atoms with Gasteiger partial charge in [0.15, 0.2) is 0 Å². The number of hydrogen-bond acceptors (Lipinski definition) is 3. The number of rotatable bonds is 5. The van der Waals surface area contributed by atoms with Crippen LogP contribution in [-0.4, -0.2) is 17.9 Å². The second-order valence-corrected chi connectivity index (χ2v) is 4.13. The standard InChI is InChI=1S/C17H17NO2/c1-2-20-15-10-11-16(17(19)13-15)18-12-6-9-14-7-4-3-5-8-14/h3-13,19H,2H2,1H3/b9-6+,18-12?. The summed E-state index contributed by atoms with van der Waals surface area (Å²) in [5.74, 6) is 0.754. The zero-order valence-electron chi connectivity index (χ0n) is 11.4. The van der Waals surface area contributed by atoms with E-state index in [9.17, 15) is 5.11 Å². The summed E-state index contributed by atoms with van der Waals surface area (Å²) in [6.07, 6.45) is 5.45. The summed E-state index contributed by atoms with van der Waals surface area (Å²) in [6, 6.07) is 15.0. The molecule has 0 atom stereocenters. The lowest BCUT2D eigenvalue weighted by Gasteiger charge is -2.04. The number of aliphatic imine (C=N–C) groups is 1. The van der Waals surface area contributed by atoms with Gasteiger partial charge in [-0.1, -0.05) is 36.4 Å². The van der Waals surface area contributed by atoms with Crippen molar-refractivity contribution in [2.45, 2.75) is 6.92 Å². The maximum absolute atomic E-state index is 9.82. The summed E-state index contributed by atoms with van der Waals surface area (Å²) in [4.78, 5) is 4.20. The van der Waals surface area contributed by atoms with Gasteiger partial charge < -0.3 is 9.84 Å². The van der Waals surface area contributed by atoms with Crippen molar-refractivity contribution in [2.24, 2.45) is 4.99 Å². The number of hydrogen-bond donors (Lipinski definition) is 1. The fraction of sp³-hybridized carbons (Fsp3) is 0.118. The van der Waals surface area contributed by atoms with Crippen molar-refractivity contribution in [3.8, 4) is 11.5 Å². The number of phenols is 1. The molecule has 2 rings (SSSR count). The van der Waals surface area contributed by atoms with Crippen molar-refractivity contribution in [2.75, 3.05) is 6.61 Å². The first-order chi connectivity index (χ1) is 9.79. The van der Waals surface area contributed by atoms with Crippen LogP contribution in [0, 0.1) is 0 Å². The van der Waals surface area contributed by atoms with Crippen LogP contribution >= 0.6 is 0 Å². The van der Waals surface area contributed by atoms with Crippen LogP contribution in [0.3, 0.4) is 0 Å². The molecule has 0 bridgehead atoms. The van der Waals surface area contributed by atoms with Crippen LogP contribution in [-0.2, 0) is 0 Å². The fourth-order valence-corrected chi connectivity index (χ4v) is 1.71. The van der Waals surface area contributed by atoms with Gasteiger partial charge in [-0.05, 0) is 30.7 Å². The van der Waals surface area contributed by atoms with Gasteiger partial charge in [0.2, 0.25) is 0 Å². The van der Waals surface area contributed by atoms with Gasteiger partial charge in [0.25, 0.3) is 0 Å². The highest BCUT2D eigenvalue weighted by Gasteiger charge is 2.00. The monoisotopic (exact) mass is 267 g/mol. The van der Waals surface area contributed by atoms with Crippen molar-refractivity contribution in [3.05, 3.63) is 60.2 Å². The zero-order valence-corrected chi connectivity index (χ0v) is 11.4. The molecule has 3 heteroatoms. The van der Waals surface area contributed by atoms with Gasteiger partial charge in [0, 0.05) is 12.3 Å². The summed E-state index contributed by atoms with van der Waals surface area (Å²) in [5, 5.41) is 9.82. The second kappa shape index (κ2) is 7.14. The van der Waals surface area contributed by atoms with E-state index in [1.165, 1.54) is 0 Å². The maximum Gasteiger partial charge on any atom is 0.144 e. The normalized spacial score (nSPS) is 11.2. The topological polar surface area (TPSA) is 41.8 Å². The Morgan fingerprint density at radius 1 is 1.15 bits per heavy atom. The molecule has 0 saturated carbocycles. The summed E-state index contributed by atoms with van der Waals surface area (Å²) < 4.78 is 5.30. The Hall–Kier alpha value is -2.55. The smallest absolute Gasteiger partial charge is 0.144 e. The Kier molecular flexibility index (Phi) is 4.95. The third-order valence-electron chi connectivity index (χ3n) is 2.65. The van der Waals surface area contributed by atoms with E-state index in [2.05, 4.69) is 4.99 Å². The number of ether oxygens (including phenoxy) is 1. The quantitative estimate of drug-likeness (QED) is 0.825. The number of aromatic hydroxyl groups is 1. The molecule has 102 valence electrons. The predicted octanol–water partition coefficient (Wildman–Crippen LogP) is 4.21. The molecule has 0 radical (unpaired) electrons. The van der Waals surface area contributed by atoms with Crippen LogP contribution in [0.25, 0.3) is 6.08 Å². The summed E-state index contributed by atoms with van der Waals surface area (Å²) >= 11 is 0. The second-order valence-electron chi connectivity index (χ2n) is 4.13. The van der Waals surface area contributed by atoms with E-state index in [4.69, 9.17) is 4.74 Å². The lowest BCUT2D eigenvalue weighted by Crippen LogP contribution is -1.90. The van der Waals surface area contributed by atoms with Gasteiger partial charge in [-0.15, -0.1) is 0 Å². The number of allylic oxidation sites excluding steroid dienone is 1. The largest absolute Gasteiger partial charge is 0.506 e. The van der Waals surface area contributed by atoms with Crippen molar-refractivity contribution in [3.63, 3.8) is 0 Å². The van der Waals surface area contributed by atoms with E-state index in [-0.39, 0.29) is 5.75 Å². The summed E-state index contributed by atoms with van der Waals surface area (Å²) in [7, 11) is 0. The maximum atomic E-state index is 9.82.